The SMILES string of the molecule is COc1ccc(-n2cc(C(=O)C(Oc3ccc(Br)cc3)C(=O)O)cn2)cc1. The minimum absolute atomic E-state index is 0.135. The Morgan fingerprint density at radius 2 is 1.70 bits per heavy atom. The molecule has 0 saturated heterocycles. The Balaban J connectivity index is 1.81. The summed E-state index contributed by atoms with van der Waals surface area (Å²) < 4.78 is 12.8. The first-order valence-electron chi connectivity index (χ1n) is 7.86. The summed E-state index contributed by atoms with van der Waals surface area (Å²) in [7, 11) is 1.57. The van der Waals surface area contributed by atoms with E-state index >= 15 is 0 Å². The van der Waals surface area contributed by atoms with Crippen LogP contribution in [0.1, 0.15) is 10.4 Å². The number of nitrogens with zero attached hydrogens (tertiary/aromatic N) is 2. The number of hydrogen-bond acceptors (Lipinski definition) is 5. The van der Waals surface area contributed by atoms with Gasteiger partial charge in [0.15, 0.2) is 0 Å². The molecule has 0 amide bonds. The van der Waals surface area contributed by atoms with Crippen LogP contribution in [0, 0.1) is 0 Å². The molecule has 0 aliphatic carbocycles. The van der Waals surface area contributed by atoms with E-state index in [0.29, 0.717) is 11.4 Å². The van der Waals surface area contributed by atoms with Crippen LogP contribution in [-0.4, -0.2) is 39.9 Å². The fraction of sp³-hybridized carbons (Fsp3) is 0.105. The third kappa shape index (κ3) is 4.35. The summed E-state index contributed by atoms with van der Waals surface area (Å²) in [5.41, 5.74) is 0.839. The van der Waals surface area contributed by atoms with Crippen LogP contribution in [0.5, 0.6) is 11.5 Å². The van der Waals surface area contributed by atoms with Gasteiger partial charge >= 0.3 is 5.97 Å². The Kier molecular flexibility index (Phi) is 5.56. The van der Waals surface area contributed by atoms with Gasteiger partial charge in [-0.25, -0.2) is 9.48 Å². The van der Waals surface area contributed by atoms with Gasteiger partial charge in [0.25, 0.3) is 6.10 Å². The first-order chi connectivity index (χ1) is 13.0. The molecule has 0 saturated carbocycles. The first-order valence-corrected chi connectivity index (χ1v) is 8.65. The van der Waals surface area contributed by atoms with Crippen molar-refractivity contribution < 1.29 is 24.2 Å². The molecule has 1 unspecified atom stereocenters. The molecular weight excluding hydrogens is 416 g/mol. The topological polar surface area (TPSA) is 90.7 Å². The van der Waals surface area contributed by atoms with Crippen LogP contribution >= 0.6 is 15.9 Å². The number of benzene rings is 2. The molecule has 1 heterocycles. The van der Waals surface area contributed by atoms with Crippen molar-refractivity contribution in [2.45, 2.75) is 6.10 Å². The van der Waals surface area contributed by atoms with Gasteiger partial charge in [-0.3, -0.25) is 4.79 Å². The fourth-order valence-electron chi connectivity index (χ4n) is 2.34. The van der Waals surface area contributed by atoms with Crippen molar-refractivity contribution >= 4 is 27.7 Å². The lowest BCUT2D eigenvalue weighted by molar-refractivity contribution is -0.142. The normalized spacial score (nSPS) is 11.6. The van der Waals surface area contributed by atoms with Gasteiger partial charge in [0, 0.05) is 10.7 Å². The predicted octanol–water partition coefficient (Wildman–Crippen LogP) is 3.36. The third-order valence-electron chi connectivity index (χ3n) is 3.73. The van der Waals surface area contributed by atoms with Crippen molar-refractivity contribution in [1.29, 1.82) is 0 Å². The molecule has 3 aromatic rings. The Bertz CT molecular complexity index is 951. The summed E-state index contributed by atoms with van der Waals surface area (Å²) in [6, 6.07) is 13.6. The molecule has 0 aliphatic rings. The quantitative estimate of drug-likeness (QED) is 0.456. The Labute approximate surface area is 163 Å². The minimum atomic E-state index is -1.67. The van der Waals surface area contributed by atoms with Crippen molar-refractivity contribution in [2.75, 3.05) is 7.11 Å². The highest BCUT2D eigenvalue weighted by Gasteiger charge is 2.30. The van der Waals surface area contributed by atoms with Gasteiger partial charge in [-0.2, -0.15) is 5.10 Å². The number of rotatable bonds is 7. The van der Waals surface area contributed by atoms with E-state index in [0.717, 1.165) is 4.47 Å². The number of carbonyl (C=O) groups excluding carboxylic acids is 1. The van der Waals surface area contributed by atoms with Gasteiger partial charge in [0.2, 0.25) is 5.78 Å². The summed E-state index contributed by atoms with van der Waals surface area (Å²) in [6.45, 7) is 0. The molecule has 0 spiro atoms. The van der Waals surface area contributed by atoms with Crippen LogP contribution < -0.4 is 9.47 Å². The zero-order valence-electron chi connectivity index (χ0n) is 14.2. The highest BCUT2D eigenvalue weighted by molar-refractivity contribution is 9.10. The Morgan fingerprint density at radius 3 is 2.30 bits per heavy atom. The van der Waals surface area contributed by atoms with E-state index < -0.39 is 17.9 Å². The second-order valence-corrected chi connectivity index (χ2v) is 6.44. The molecule has 7 nitrogen and oxygen atoms in total. The minimum Gasteiger partial charge on any atom is -0.497 e. The maximum absolute atomic E-state index is 12.6. The number of carbonyl (C=O) groups is 2. The second-order valence-electron chi connectivity index (χ2n) is 5.53. The predicted molar refractivity (Wildman–Crippen MR) is 101 cm³/mol. The highest BCUT2D eigenvalue weighted by Crippen LogP contribution is 2.20. The van der Waals surface area contributed by atoms with Gasteiger partial charge in [0.1, 0.15) is 11.5 Å². The molecule has 138 valence electrons. The molecule has 0 aliphatic heterocycles. The molecule has 0 fully saturated rings. The number of halogens is 1. The number of methoxy groups -OCH3 is 1. The molecule has 27 heavy (non-hydrogen) atoms. The Morgan fingerprint density at radius 1 is 1.07 bits per heavy atom. The van der Waals surface area contributed by atoms with E-state index in [1.807, 2.05) is 0 Å². The maximum Gasteiger partial charge on any atom is 0.353 e. The molecule has 1 aromatic heterocycles. The summed E-state index contributed by atoms with van der Waals surface area (Å²) in [5, 5.41) is 13.5. The lowest BCUT2D eigenvalue weighted by atomic mass is 10.1. The van der Waals surface area contributed by atoms with E-state index in [2.05, 4.69) is 21.0 Å². The van der Waals surface area contributed by atoms with E-state index in [1.165, 1.54) is 17.1 Å². The van der Waals surface area contributed by atoms with E-state index in [1.54, 1.807) is 55.6 Å². The van der Waals surface area contributed by atoms with Gasteiger partial charge < -0.3 is 14.6 Å². The lowest BCUT2D eigenvalue weighted by Crippen LogP contribution is -2.35. The zero-order valence-corrected chi connectivity index (χ0v) is 15.8. The molecule has 8 heteroatoms. The van der Waals surface area contributed by atoms with Gasteiger partial charge in [-0.15, -0.1) is 0 Å². The van der Waals surface area contributed by atoms with E-state index in [4.69, 9.17) is 9.47 Å². The molecular formula is C19H15BrN2O5. The average molecular weight is 431 g/mol. The number of aromatic nitrogens is 2. The van der Waals surface area contributed by atoms with Gasteiger partial charge in [-0.1, -0.05) is 15.9 Å². The summed E-state index contributed by atoms with van der Waals surface area (Å²) >= 11 is 3.28. The zero-order chi connectivity index (χ0) is 19.4. The van der Waals surface area contributed by atoms with Crippen LogP contribution in [0.2, 0.25) is 0 Å². The summed E-state index contributed by atoms with van der Waals surface area (Å²) in [6.07, 6.45) is 1.11. The van der Waals surface area contributed by atoms with Crippen molar-refractivity contribution in [1.82, 2.24) is 9.78 Å². The molecule has 3 rings (SSSR count). The number of carboxylic acid groups (broad SMARTS) is 1. The lowest BCUT2D eigenvalue weighted by Gasteiger charge is -2.13. The monoisotopic (exact) mass is 430 g/mol. The van der Waals surface area contributed by atoms with Crippen molar-refractivity contribution in [3.05, 3.63) is 71.0 Å². The second kappa shape index (κ2) is 8.05. The number of carboxylic acids is 1. The number of ketones is 1. The third-order valence-corrected chi connectivity index (χ3v) is 4.26. The van der Waals surface area contributed by atoms with Crippen LogP contribution in [-0.2, 0) is 4.79 Å². The first kappa shape index (κ1) is 18.7. The standard InChI is InChI=1S/C19H15BrN2O5/c1-26-15-8-4-14(5-9-15)22-11-12(10-21-22)17(23)18(19(24)25)27-16-6-2-13(20)3-7-16/h2-11,18H,1H3,(H,24,25). The number of hydrogen-bond donors (Lipinski definition) is 1. The largest absolute Gasteiger partial charge is 0.497 e. The fourth-order valence-corrected chi connectivity index (χ4v) is 2.61. The van der Waals surface area contributed by atoms with Crippen LogP contribution in [0.3, 0.4) is 0 Å². The highest BCUT2D eigenvalue weighted by atomic mass is 79.9. The number of Topliss-reactive ketones (excluding diaryl/α,β-unsaturated/α-hetero) is 1. The van der Waals surface area contributed by atoms with Crippen molar-refractivity contribution in [2.24, 2.45) is 0 Å². The van der Waals surface area contributed by atoms with E-state index in [-0.39, 0.29) is 11.3 Å². The van der Waals surface area contributed by atoms with Crippen LogP contribution in [0.25, 0.3) is 5.69 Å². The van der Waals surface area contributed by atoms with Gasteiger partial charge in [-0.05, 0) is 48.5 Å². The number of aliphatic carboxylic acids is 1. The smallest absolute Gasteiger partial charge is 0.353 e. The van der Waals surface area contributed by atoms with Crippen molar-refractivity contribution in [3.8, 4) is 17.2 Å². The maximum atomic E-state index is 12.6. The van der Waals surface area contributed by atoms with Gasteiger partial charge in [0.05, 0.1) is 24.6 Å². The van der Waals surface area contributed by atoms with Crippen LogP contribution in [0.15, 0.2) is 65.4 Å². The van der Waals surface area contributed by atoms with Crippen molar-refractivity contribution in [3.63, 3.8) is 0 Å². The van der Waals surface area contributed by atoms with Crippen LogP contribution in [0.4, 0.5) is 0 Å². The molecule has 0 radical (unpaired) electrons. The molecule has 2 aromatic carbocycles. The molecule has 0 bridgehead atoms. The summed E-state index contributed by atoms with van der Waals surface area (Å²) in [4.78, 5) is 24.2. The molecule has 1 atom stereocenters. The average Bonchev–Trinajstić information content (AvgIpc) is 3.17. The summed E-state index contributed by atoms with van der Waals surface area (Å²) in [5.74, 6) is -1.09. The Hall–Kier alpha value is -3.13. The molecule has 1 N–H and O–H groups in total. The number of ether oxygens (including phenoxy) is 2. The van der Waals surface area contributed by atoms with E-state index in [9.17, 15) is 14.7 Å².